The lowest BCUT2D eigenvalue weighted by Gasteiger charge is -2.24. The van der Waals surface area contributed by atoms with E-state index in [2.05, 4.69) is 6.92 Å². The molecule has 0 saturated carbocycles. The summed E-state index contributed by atoms with van der Waals surface area (Å²) in [5.74, 6) is 0. The second-order valence-electron chi connectivity index (χ2n) is 5.25. The Morgan fingerprint density at radius 3 is 1.94 bits per heavy atom. The van der Waals surface area contributed by atoms with Gasteiger partial charge in [-0.3, -0.25) is 4.57 Å². The zero-order chi connectivity index (χ0) is 14.2. The van der Waals surface area contributed by atoms with Crippen LogP contribution < -0.4 is 0 Å². The fourth-order valence-corrected chi connectivity index (χ4v) is 3.94. The van der Waals surface area contributed by atoms with Crippen LogP contribution in [0.2, 0.25) is 0 Å². The Hall–Kier alpha value is 0.110. The smallest absolute Gasteiger partial charge is 0.333 e. The first-order chi connectivity index (χ1) is 8.29. The lowest BCUT2D eigenvalue weighted by Crippen LogP contribution is -2.18. The first-order valence-corrected chi connectivity index (χ1v) is 8.65. The summed E-state index contributed by atoms with van der Waals surface area (Å²) in [6.07, 6.45) is 2.93. The van der Waals surface area contributed by atoms with Crippen LogP contribution in [0.5, 0.6) is 0 Å². The monoisotopic (exact) mass is 280 g/mol. The molecule has 0 aromatic heterocycles. The van der Waals surface area contributed by atoms with Gasteiger partial charge in [0.15, 0.2) is 0 Å². The summed E-state index contributed by atoms with van der Waals surface area (Å²) in [5.41, 5.74) is 0. The second-order valence-corrected chi connectivity index (χ2v) is 7.26. The standard InChI is InChI=1S/C13H29O4P/c1-6-7-8-9-13(14)10-18(15,16-11(2)3)17-12(4)5/h11-14H,6-10H2,1-5H3/t13-/m0/s1. The molecule has 4 nitrogen and oxygen atoms in total. The van der Waals surface area contributed by atoms with Crippen LogP contribution in [0.15, 0.2) is 0 Å². The van der Waals surface area contributed by atoms with E-state index in [1.807, 2.05) is 27.7 Å². The molecule has 1 N–H and O–H groups in total. The minimum absolute atomic E-state index is 0.0904. The van der Waals surface area contributed by atoms with Gasteiger partial charge in [0.05, 0.1) is 24.5 Å². The number of hydrogen-bond donors (Lipinski definition) is 1. The highest BCUT2D eigenvalue weighted by molar-refractivity contribution is 7.53. The number of hydrogen-bond acceptors (Lipinski definition) is 4. The second kappa shape index (κ2) is 9.08. The fourth-order valence-electron chi connectivity index (χ4n) is 1.73. The van der Waals surface area contributed by atoms with Gasteiger partial charge in [0.2, 0.25) is 0 Å². The van der Waals surface area contributed by atoms with Gasteiger partial charge in [-0.25, -0.2) is 0 Å². The van der Waals surface area contributed by atoms with Crippen molar-refractivity contribution in [2.45, 2.75) is 78.6 Å². The Kier molecular flexibility index (Phi) is 9.14. The minimum atomic E-state index is -3.19. The van der Waals surface area contributed by atoms with Gasteiger partial charge >= 0.3 is 7.60 Å². The summed E-state index contributed by atoms with van der Waals surface area (Å²) in [7, 11) is -3.19. The molecule has 0 bridgehead atoms. The van der Waals surface area contributed by atoms with Crippen LogP contribution in [0.3, 0.4) is 0 Å². The molecule has 0 spiro atoms. The molecule has 0 saturated heterocycles. The van der Waals surface area contributed by atoms with E-state index < -0.39 is 13.7 Å². The fraction of sp³-hybridized carbons (Fsp3) is 1.00. The molecule has 0 heterocycles. The molecule has 5 heteroatoms. The summed E-state index contributed by atoms with van der Waals surface area (Å²) in [5, 5.41) is 9.90. The predicted molar refractivity (Wildman–Crippen MR) is 75.1 cm³/mol. The van der Waals surface area contributed by atoms with Gasteiger partial charge in [-0.2, -0.15) is 0 Å². The van der Waals surface area contributed by atoms with Crippen molar-refractivity contribution in [3.8, 4) is 0 Å². The van der Waals surface area contributed by atoms with Gasteiger partial charge < -0.3 is 14.2 Å². The average Bonchev–Trinajstić information content (AvgIpc) is 2.13. The van der Waals surface area contributed by atoms with Gasteiger partial charge in [0, 0.05) is 0 Å². The molecule has 0 rings (SSSR count). The Morgan fingerprint density at radius 2 is 1.56 bits per heavy atom. The maximum absolute atomic E-state index is 12.5. The first-order valence-electron chi connectivity index (χ1n) is 6.93. The van der Waals surface area contributed by atoms with Crippen molar-refractivity contribution in [2.75, 3.05) is 6.16 Å². The average molecular weight is 280 g/mol. The van der Waals surface area contributed by atoms with Crippen molar-refractivity contribution in [1.82, 2.24) is 0 Å². The quantitative estimate of drug-likeness (QED) is 0.486. The van der Waals surface area contributed by atoms with Crippen molar-refractivity contribution >= 4 is 7.60 Å². The molecule has 0 unspecified atom stereocenters. The van der Waals surface area contributed by atoms with Crippen molar-refractivity contribution in [1.29, 1.82) is 0 Å². The Morgan fingerprint density at radius 1 is 1.06 bits per heavy atom. The largest absolute Gasteiger partial charge is 0.392 e. The summed E-state index contributed by atoms with van der Waals surface area (Å²) in [6.45, 7) is 9.39. The Labute approximate surface area is 112 Å². The predicted octanol–water partition coefficient (Wildman–Crippen LogP) is 3.97. The Bertz CT molecular complexity index is 239. The molecule has 0 radical (unpaired) electrons. The van der Waals surface area contributed by atoms with Crippen LogP contribution in [0.4, 0.5) is 0 Å². The molecule has 0 amide bonds. The Balaban J connectivity index is 4.34. The van der Waals surface area contributed by atoms with E-state index in [9.17, 15) is 9.67 Å². The van der Waals surface area contributed by atoms with Crippen molar-refractivity contribution in [3.05, 3.63) is 0 Å². The topological polar surface area (TPSA) is 55.8 Å². The number of aliphatic hydroxyl groups is 1. The number of aliphatic hydroxyl groups excluding tert-OH is 1. The number of unbranched alkanes of at least 4 members (excludes halogenated alkanes) is 2. The molecule has 110 valence electrons. The lowest BCUT2D eigenvalue weighted by atomic mass is 10.1. The van der Waals surface area contributed by atoms with Crippen molar-refractivity contribution < 1.29 is 18.7 Å². The van der Waals surface area contributed by atoms with E-state index in [0.717, 1.165) is 19.3 Å². The normalized spacial score (nSPS) is 14.4. The van der Waals surface area contributed by atoms with E-state index in [1.54, 1.807) is 0 Å². The minimum Gasteiger partial charge on any atom is -0.392 e. The van der Waals surface area contributed by atoms with Crippen LogP contribution in [0.1, 0.15) is 60.3 Å². The van der Waals surface area contributed by atoms with Crippen LogP contribution in [-0.4, -0.2) is 29.6 Å². The third kappa shape index (κ3) is 9.09. The van der Waals surface area contributed by atoms with Gasteiger partial charge in [-0.15, -0.1) is 0 Å². The molecule has 0 aromatic rings. The molecule has 18 heavy (non-hydrogen) atoms. The van der Waals surface area contributed by atoms with Crippen LogP contribution in [-0.2, 0) is 13.6 Å². The highest BCUT2D eigenvalue weighted by Crippen LogP contribution is 2.51. The molecular formula is C13H29O4P. The molecule has 0 aliphatic carbocycles. The zero-order valence-electron chi connectivity index (χ0n) is 12.4. The third-order valence-corrected chi connectivity index (χ3v) is 4.67. The van der Waals surface area contributed by atoms with E-state index in [4.69, 9.17) is 9.05 Å². The van der Waals surface area contributed by atoms with Crippen LogP contribution in [0, 0.1) is 0 Å². The van der Waals surface area contributed by atoms with Gasteiger partial charge in [0.1, 0.15) is 0 Å². The molecular weight excluding hydrogens is 251 g/mol. The van der Waals surface area contributed by atoms with Crippen LogP contribution in [0.25, 0.3) is 0 Å². The highest BCUT2D eigenvalue weighted by atomic mass is 31.2. The van der Waals surface area contributed by atoms with Crippen molar-refractivity contribution in [3.63, 3.8) is 0 Å². The van der Waals surface area contributed by atoms with Gasteiger partial charge in [0.25, 0.3) is 0 Å². The van der Waals surface area contributed by atoms with E-state index in [-0.39, 0.29) is 18.4 Å². The highest BCUT2D eigenvalue weighted by Gasteiger charge is 2.30. The summed E-state index contributed by atoms with van der Waals surface area (Å²) >= 11 is 0. The lowest BCUT2D eigenvalue weighted by molar-refractivity contribution is 0.122. The van der Waals surface area contributed by atoms with E-state index >= 15 is 0 Å². The number of rotatable bonds is 10. The maximum atomic E-state index is 12.5. The van der Waals surface area contributed by atoms with Gasteiger partial charge in [-0.1, -0.05) is 26.2 Å². The zero-order valence-corrected chi connectivity index (χ0v) is 13.3. The summed E-state index contributed by atoms with van der Waals surface area (Å²) < 4.78 is 23.3. The van der Waals surface area contributed by atoms with E-state index in [1.165, 1.54) is 0 Å². The van der Waals surface area contributed by atoms with Gasteiger partial charge in [-0.05, 0) is 34.1 Å². The molecule has 0 aliphatic rings. The molecule has 0 aliphatic heterocycles. The first kappa shape index (κ1) is 18.1. The molecule has 1 atom stereocenters. The SMILES string of the molecule is CCCCC[C@H](O)CP(=O)(OC(C)C)OC(C)C. The summed E-state index contributed by atoms with van der Waals surface area (Å²) in [6, 6.07) is 0. The third-order valence-electron chi connectivity index (χ3n) is 2.32. The maximum Gasteiger partial charge on any atom is 0.333 e. The van der Waals surface area contributed by atoms with Crippen LogP contribution >= 0.6 is 7.60 Å². The van der Waals surface area contributed by atoms with E-state index in [0.29, 0.717) is 6.42 Å². The van der Waals surface area contributed by atoms with Crippen molar-refractivity contribution in [2.24, 2.45) is 0 Å². The molecule has 0 fully saturated rings. The molecule has 0 aromatic carbocycles. The summed E-state index contributed by atoms with van der Waals surface area (Å²) in [4.78, 5) is 0.